The predicted molar refractivity (Wildman–Crippen MR) is 94.8 cm³/mol. The van der Waals surface area contributed by atoms with Crippen molar-refractivity contribution < 1.29 is 19.8 Å². The first-order chi connectivity index (χ1) is 12.2. The van der Waals surface area contributed by atoms with Crippen molar-refractivity contribution in [2.24, 2.45) is 0 Å². The van der Waals surface area contributed by atoms with E-state index in [1.54, 1.807) is 38.1 Å². The Morgan fingerprint density at radius 3 is 2.54 bits per heavy atom. The Bertz CT molecular complexity index is 908. The molecular formula is C17H18ClN3O5. The smallest absolute Gasteiger partial charge is 0.322 e. The summed E-state index contributed by atoms with van der Waals surface area (Å²) in [6.07, 6.45) is 0. The number of carbonyl (C=O) groups excluding carboxylic acids is 1. The highest BCUT2D eigenvalue weighted by molar-refractivity contribution is 6.31. The molecule has 2 rings (SSSR count). The third-order valence-corrected chi connectivity index (χ3v) is 3.98. The molecule has 0 radical (unpaired) electrons. The van der Waals surface area contributed by atoms with E-state index < -0.39 is 35.3 Å². The standard InChI is InChI=1S/C17H18ClN3O5/c1-9(2)14-15(24)13(16(25)19-7-12(22)23)17(26)21(20-14)8-10-5-3-4-6-11(10)18/h3-6,9,24H,7-8H2,1-2H3,(H,19,25)(H,22,23). The van der Waals surface area contributed by atoms with Gasteiger partial charge in [-0.3, -0.25) is 14.4 Å². The Morgan fingerprint density at radius 1 is 1.31 bits per heavy atom. The van der Waals surface area contributed by atoms with Gasteiger partial charge in [-0.25, -0.2) is 4.68 Å². The second-order valence-electron chi connectivity index (χ2n) is 5.89. The lowest BCUT2D eigenvalue weighted by Crippen LogP contribution is -2.37. The van der Waals surface area contributed by atoms with Gasteiger partial charge in [-0.05, 0) is 11.6 Å². The molecule has 0 bridgehead atoms. The zero-order valence-corrected chi connectivity index (χ0v) is 14.9. The van der Waals surface area contributed by atoms with Crippen molar-refractivity contribution in [3.8, 4) is 5.75 Å². The fourth-order valence-corrected chi connectivity index (χ4v) is 2.51. The maximum Gasteiger partial charge on any atom is 0.322 e. The molecule has 26 heavy (non-hydrogen) atoms. The van der Waals surface area contributed by atoms with Gasteiger partial charge >= 0.3 is 5.97 Å². The third-order valence-electron chi connectivity index (χ3n) is 3.61. The van der Waals surface area contributed by atoms with Crippen molar-refractivity contribution in [3.05, 3.63) is 56.5 Å². The lowest BCUT2D eigenvalue weighted by atomic mass is 10.1. The van der Waals surface area contributed by atoms with Crippen LogP contribution >= 0.6 is 11.6 Å². The first-order valence-electron chi connectivity index (χ1n) is 7.79. The first kappa shape index (κ1) is 19.5. The highest BCUT2D eigenvalue weighted by atomic mass is 35.5. The molecule has 0 atom stereocenters. The Labute approximate surface area is 154 Å². The highest BCUT2D eigenvalue weighted by Gasteiger charge is 2.24. The third kappa shape index (κ3) is 4.20. The van der Waals surface area contributed by atoms with E-state index in [1.165, 1.54) is 0 Å². The zero-order chi connectivity index (χ0) is 19.4. The van der Waals surface area contributed by atoms with Gasteiger partial charge in [-0.2, -0.15) is 5.10 Å². The summed E-state index contributed by atoms with van der Waals surface area (Å²) in [6.45, 7) is 2.80. The van der Waals surface area contributed by atoms with Gasteiger partial charge < -0.3 is 15.5 Å². The number of aliphatic carboxylic acids is 1. The molecule has 1 amide bonds. The number of nitrogens with zero attached hydrogens (tertiary/aromatic N) is 2. The molecule has 0 saturated heterocycles. The van der Waals surface area contributed by atoms with Crippen molar-refractivity contribution in [2.75, 3.05) is 6.54 Å². The van der Waals surface area contributed by atoms with E-state index >= 15 is 0 Å². The molecule has 138 valence electrons. The molecule has 3 N–H and O–H groups in total. The molecule has 0 aliphatic rings. The van der Waals surface area contributed by atoms with E-state index in [0.717, 1.165) is 4.68 Å². The average molecular weight is 380 g/mol. The van der Waals surface area contributed by atoms with Crippen LogP contribution in [-0.2, 0) is 11.3 Å². The van der Waals surface area contributed by atoms with Crippen LogP contribution in [-0.4, -0.2) is 38.4 Å². The maximum atomic E-state index is 12.7. The zero-order valence-electron chi connectivity index (χ0n) is 14.2. The number of carboxylic acid groups (broad SMARTS) is 1. The van der Waals surface area contributed by atoms with Crippen LogP contribution in [0.1, 0.15) is 41.4 Å². The molecule has 8 nitrogen and oxygen atoms in total. The van der Waals surface area contributed by atoms with Crippen LogP contribution in [0.4, 0.5) is 0 Å². The minimum Gasteiger partial charge on any atom is -0.505 e. The number of benzene rings is 1. The molecule has 2 aromatic rings. The van der Waals surface area contributed by atoms with Gasteiger partial charge in [-0.1, -0.05) is 43.6 Å². The number of rotatable bonds is 6. The van der Waals surface area contributed by atoms with Gasteiger partial charge in [0.25, 0.3) is 11.5 Å². The molecule has 1 heterocycles. The largest absolute Gasteiger partial charge is 0.505 e. The second-order valence-corrected chi connectivity index (χ2v) is 6.30. The maximum absolute atomic E-state index is 12.7. The minimum atomic E-state index is -1.27. The van der Waals surface area contributed by atoms with Crippen LogP contribution in [0.25, 0.3) is 0 Å². The Kier molecular flexibility index (Phi) is 5.99. The molecule has 0 fully saturated rings. The number of hydrogen-bond acceptors (Lipinski definition) is 5. The molecule has 0 aliphatic carbocycles. The molecule has 0 spiro atoms. The van der Waals surface area contributed by atoms with E-state index in [4.69, 9.17) is 16.7 Å². The molecule has 9 heteroatoms. The van der Waals surface area contributed by atoms with Crippen molar-refractivity contribution in [1.82, 2.24) is 15.1 Å². The number of nitrogens with one attached hydrogen (secondary N) is 1. The number of hydrogen-bond donors (Lipinski definition) is 3. The van der Waals surface area contributed by atoms with Crippen LogP contribution in [0.5, 0.6) is 5.75 Å². The SMILES string of the molecule is CC(C)c1nn(Cc2ccccc2Cl)c(=O)c(C(=O)NCC(=O)O)c1O. The molecule has 1 aromatic heterocycles. The Hall–Kier alpha value is -2.87. The summed E-state index contributed by atoms with van der Waals surface area (Å²) in [5.74, 6) is -3.08. The van der Waals surface area contributed by atoms with Gasteiger partial charge in [0.1, 0.15) is 17.8 Å². The minimum absolute atomic E-state index is 0.00226. The summed E-state index contributed by atoms with van der Waals surface area (Å²) in [5, 5.41) is 25.7. The number of aromatic hydroxyl groups is 1. The van der Waals surface area contributed by atoms with Crippen LogP contribution in [0.3, 0.4) is 0 Å². The number of carbonyl (C=O) groups is 2. The topological polar surface area (TPSA) is 122 Å². The molecule has 0 unspecified atom stereocenters. The average Bonchev–Trinajstić information content (AvgIpc) is 2.57. The fraction of sp³-hybridized carbons (Fsp3) is 0.294. The second kappa shape index (κ2) is 8.01. The van der Waals surface area contributed by atoms with Gasteiger partial charge in [0.2, 0.25) is 0 Å². The predicted octanol–water partition coefficient (Wildman–Crippen LogP) is 1.59. The lowest BCUT2D eigenvalue weighted by Gasteiger charge is -2.15. The van der Waals surface area contributed by atoms with Gasteiger partial charge in [-0.15, -0.1) is 0 Å². The number of amides is 1. The molecule has 0 aliphatic heterocycles. The van der Waals surface area contributed by atoms with E-state index in [1.807, 2.05) is 0 Å². The van der Waals surface area contributed by atoms with Crippen LogP contribution in [0.2, 0.25) is 5.02 Å². The lowest BCUT2D eigenvalue weighted by molar-refractivity contribution is -0.135. The van der Waals surface area contributed by atoms with Crippen molar-refractivity contribution in [1.29, 1.82) is 0 Å². The summed E-state index contributed by atoms with van der Waals surface area (Å²) in [6, 6.07) is 6.86. The van der Waals surface area contributed by atoms with Crippen molar-refractivity contribution >= 4 is 23.5 Å². The van der Waals surface area contributed by atoms with Gasteiger partial charge in [0.05, 0.1) is 6.54 Å². The Balaban J connectivity index is 2.55. The highest BCUT2D eigenvalue weighted by Crippen LogP contribution is 2.25. The van der Waals surface area contributed by atoms with E-state index in [2.05, 4.69) is 10.4 Å². The van der Waals surface area contributed by atoms with Crippen LogP contribution in [0.15, 0.2) is 29.1 Å². The van der Waals surface area contributed by atoms with Crippen molar-refractivity contribution in [3.63, 3.8) is 0 Å². The number of aromatic nitrogens is 2. The van der Waals surface area contributed by atoms with Crippen molar-refractivity contribution in [2.45, 2.75) is 26.3 Å². The summed E-state index contributed by atoms with van der Waals surface area (Å²) in [7, 11) is 0. The normalized spacial score (nSPS) is 10.8. The van der Waals surface area contributed by atoms with Gasteiger partial charge in [0, 0.05) is 10.9 Å². The molecule has 0 saturated carbocycles. The summed E-state index contributed by atoms with van der Waals surface area (Å²) in [4.78, 5) is 35.5. The fourth-order valence-electron chi connectivity index (χ4n) is 2.31. The van der Waals surface area contributed by atoms with E-state index in [0.29, 0.717) is 10.6 Å². The molecular weight excluding hydrogens is 362 g/mol. The van der Waals surface area contributed by atoms with E-state index in [9.17, 15) is 19.5 Å². The summed E-state index contributed by atoms with van der Waals surface area (Å²) >= 11 is 6.11. The number of halogens is 1. The monoisotopic (exact) mass is 379 g/mol. The van der Waals surface area contributed by atoms with Crippen LogP contribution in [0, 0.1) is 0 Å². The van der Waals surface area contributed by atoms with Gasteiger partial charge in [0.15, 0.2) is 5.75 Å². The summed E-state index contributed by atoms with van der Waals surface area (Å²) in [5.41, 5.74) is -0.620. The first-order valence-corrected chi connectivity index (χ1v) is 8.17. The quantitative estimate of drug-likeness (QED) is 0.700. The van der Waals surface area contributed by atoms with Crippen LogP contribution < -0.4 is 10.9 Å². The van der Waals surface area contributed by atoms with E-state index in [-0.39, 0.29) is 18.2 Å². The number of carboxylic acids is 1. The molecule has 1 aromatic carbocycles. The Morgan fingerprint density at radius 2 is 1.96 bits per heavy atom. The summed E-state index contributed by atoms with van der Waals surface area (Å²) < 4.78 is 1.03.